The van der Waals surface area contributed by atoms with Gasteiger partial charge in [0.2, 0.25) is 5.91 Å². The minimum atomic E-state index is -0.122. The molecule has 1 atom stereocenters. The molecule has 0 saturated carbocycles. The van der Waals surface area contributed by atoms with E-state index < -0.39 is 0 Å². The van der Waals surface area contributed by atoms with Crippen molar-refractivity contribution in [2.24, 2.45) is 0 Å². The van der Waals surface area contributed by atoms with Crippen LogP contribution in [-0.2, 0) is 24.5 Å². The summed E-state index contributed by atoms with van der Waals surface area (Å²) in [5.74, 6) is 0.707. The second-order valence-corrected chi connectivity index (χ2v) is 11.1. The van der Waals surface area contributed by atoms with Crippen LogP contribution in [0.2, 0.25) is 0 Å². The zero-order valence-corrected chi connectivity index (χ0v) is 24.4. The van der Waals surface area contributed by atoms with Gasteiger partial charge in [0.1, 0.15) is 12.4 Å². The van der Waals surface area contributed by atoms with Crippen molar-refractivity contribution in [3.05, 3.63) is 173 Å². The number of nitrogens with one attached hydrogen (secondary N) is 1. The quantitative estimate of drug-likeness (QED) is 0.172. The first-order valence-corrected chi connectivity index (χ1v) is 14.8. The van der Waals surface area contributed by atoms with Crippen molar-refractivity contribution < 1.29 is 9.53 Å². The third-order valence-corrected chi connectivity index (χ3v) is 7.92. The van der Waals surface area contributed by atoms with Gasteiger partial charge in [-0.05, 0) is 52.9 Å². The fraction of sp³-hybridized carbons (Fsp3) is 0.154. The summed E-state index contributed by atoms with van der Waals surface area (Å²) in [5.41, 5.74) is 8.10. The largest absolute Gasteiger partial charge is 0.489 e. The van der Waals surface area contributed by atoms with Crippen LogP contribution in [0.5, 0.6) is 5.75 Å². The van der Waals surface area contributed by atoms with Crippen LogP contribution in [0, 0.1) is 6.92 Å². The summed E-state index contributed by atoms with van der Waals surface area (Å²) in [6.07, 6.45) is 2.58. The van der Waals surface area contributed by atoms with Gasteiger partial charge in [-0.15, -0.1) is 0 Å². The molecule has 1 N–H and O–H groups in total. The Bertz CT molecular complexity index is 1770. The predicted octanol–water partition coefficient (Wildman–Crippen LogP) is 8.42. The highest BCUT2D eigenvalue weighted by Crippen LogP contribution is 2.36. The van der Waals surface area contributed by atoms with Crippen LogP contribution in [0.15, 0.2) is 140 Å². The van der Waals surface area contributed by atoms with Gasteiger partial charge in [-0.2, -0.15) is 0 Å². The van der Waals surface area contributed by atoms with Gasteiger partial charge in [0, 0.05) is 42.5 Å². The molecule has 0 fully saturated rings. The molecule has 0 radical (unpaired) electrons. The Kier molecular flexibility index (Phi) is 8.65. The lowest BCUT2D eigenvalue weighted by Gasteiger charge is -2.18. The lowest BCUT2D eigenvalue weighted by molar-refractivity contribution is -0.121. The van der Waals surface area contributed by atoms with E-state index in [1.807, 2.05) is 60.7 Å². The molecule has 4 heteroatoms. The van der Waals surface area contributed by atoms with Gasteiger partial charge in [-0.3, -0.25) is 4.79 Å². The second kappa shape index (κ2) is 13.3. The van der Waals surface area contributed by atoms with Gasteiger partial charge < -0.3 is 14.6 Å². The summed E-state index contributed by atoms with van der Waals surface area (Å²) < 4.78 is 8.37. The molecule has 6 aromatic rings. The van der Waals surface area contributed by atoms with Gasteiger partial charge in [-0.1, -0.05) is 121 Å². The minimum Gasteiger partial charge on any atom is -0.489 e. The highest BCUT2D eigenvalue weighted by molar-refractivity contribution is 5.87. The standard InChI is InChI=1S/C39H36N2O2/c1-29-16-18-31(19-17-29)26-41-27-37(35-14-8-9-15-38(35)41)36(24-39(42)40-25-30-10-4-2-5-11-30)33-20-22-34(23-21-33)43-28-32-12-6-3-7-13-32/h2-23,27,36H,24-26,28H2,1H3,(H,40,42)/t36-/m1/s1. The maximum absolute atomic E-state index is 13.4. The molecule has 4 nitrogen and oxygen atoms in total. The number of amides is 1. The van der Waals surface area contributed by atoms with E-state index in [1.165, 1.54) is 16.5 Å². The van der Waals surface area contributed by atoms with E-state index in [2.05, 4.69) is 95.8 Å². The van der Waals surface area contributed by atoms with E-state index in [0.29, 0.717) is 19.6 Å². The number of carbonyl (C=O) groups is 1. The Hall–Kier alpha value is -5.09. The number of aromatic nitrogens is 1. The van der Waals surface area contributed by atoms with E-state index in [1.54, 1.807) is 0 Å². The smallest absolute Gasteiger partial charge is 0.221 e. The summed E-state index contributed by atoms with van der Waals surface area (Å²) in [6.45, 7) is 3.89. The average molecular weight is 565 g/mol. The fourth-order valence-corrected chi connectivity index (χ4v) is 5.57. The molecule has 6 rings (SSSR count). The molecule has 1 amide bonds. The molecule has 0 bridgehead atoms. The number of hydrogen-bond acceptors (Lipinski definition) is 2. The number of hydrogen-bond donors (Lipinski definition) is 1. The number of carbonyl (C=O) groups excluding carboxylic acids is 1. The SMILES string of the molecule is Cc1ccc(Cn2cc([C@H](CC(=O)NCc3ccccc3)c3ccc(OCc4ccccc4)cc3)c3ccccc32)cc1. The van der Waals surface area contributed by atoms with Crippen molar-refractivity contribution in [3.63, 3.8) is 0 Å². The second-order valence-electron chi connectivity index (χ2n) is 11.1. The van der Waals surface area contributed by atoms with Crippen LogP contribution in [0.4, 0.5) is 0 Å². The molecular formula is C39H36N2O2. The lowest BCUT2D eigenvalue weighted by atomic mass is 9.88. The van der Waals surface area contributed by atoms with Crippen molar-refractivity contribution in [1.29, 1.82) is 0 Å². The summed E-state index contributed by atoms with van der Waals surface area (Å²) in [6, 6.07) is 45.6. The number of rotatable bonds is 11. The number of aryl methyl sites for hydroxylation is 1. The van der Waals surface area contributed by atoms with Crippen LogP contribution < -0.4 is 10.1 Å². The monoisotopic (exact) mass is 564 g/mol. The molecule has 0 spiro atoms. The summed E-state index contributed by atoms with van der Waals surface area (Å²) in [7, 11) is 0. The highest BCUT2D eigenvalue weighted by atomic mass is 16.5. The van der Waals surface area contributed by atoms with E-state index >= 15 is 0 Å². The number of benzene rings is 5. The van der Waals surface area contributed by atoms with Gasteiger partial charge in [0.15, 0.2) is 0 Å². The Balaban J connectivity index is 1.30. The number of para-hydroxylation sites is 1. The Morgan fingerprint density at radius 2 is 1.37 bits per heavy atom. The van der Waals surface area contributed by atoms with Crippen molar-refractivity contribution in [1.82, 2.24) is 9.88 Å². The molecular weight excluding hydrogens is 528 g/mol. The highest BCUT2D eigenvalue weighted by Gasteiger charge is 2.23. The molecule has 1 heterocycles. The summed E-state index contributed by atoms with van der Waals surface area (Å²) in [4.78, 5) is 13.4. The number of nitrogens with zero attached hydrogens (tertiary/aromatic N) is 1. The minimum absolute atomic E-state index is 0.0219. The van der Waals surface area contributed by atoms with Crippen molar-refractivity contribution in [2.45, 2.75) is 39.0 Å². The van der Waals surface area contributed by atoms with E-state index in [-0.39, 0.29) is 11.8 Å². The first kappa shape index (κ1) is 28.0. The van der Waals surface area contributed by atoms with Crippen molar-refractivity contribution >= 4 is 16.8 Å². The maximum atomic E-state index is 13.4. The summed E-state index contributed by atoms with van der Waals surface area (Å²) in [5, 5.41) is 4.31. The van der Waals surface area contributed by atoms with Crippen molar-refractivity contribution in [3.8, 4) is 5.75 Å². The normalized spacial score (nSPS) is 11.7. The number of fused-ring (bicyclic) bond motifs is 1. The number of ether oxygens (including phenoxy) is 1. The van der Waals surface area contributed by atoms with Crippen molar-refractivity contribution in [2.75, 3.05) is 0 Å². The van der Waals surface area contributed by atoms with Gasteiger partial charge in [0.05, 0.1) is 0 Å². The molecule has 0 aliphatic heterocycles. The Morgan fingerprint density at radius 1 is 0.721 bits per heavy atom. The first-order chi connectivity index (χ1) is 21.1. The maximum Gasteiger partial charge on any atom is 0.221 e. The predicted molar refractivity (Wildman–Crippen MR) is 174 cm³/mol. The van der Waals surface area contributed by atoms with E-state index in [9.17, 15) is 4.79 Å². The van der Waals surface area contributed by atoms with Crippen LogP contribution in [0.1, 0.15) is 45.7 Å². The molecule has 0 aliphatic rings. The molecule has 5 aromatic carbocycles. The van der Waals surface area contributed by atoms with Gasteiger partial charge >= 0.3 is 0 Å². The molecule has 0 saturated heterocycles. The topological polar surface area (TPSA) is 43.3 Å². The zero-order valence-electron chi connectivity index (χ0n) is 24.4. The molecule has 214 valence electrons. The molecule has 0 unspecified atom stereocenters. The average Bonchev–Trinajstić information content (AvgIpc) is 3.42. The van der Waals surface area contributed by atoms with Gasteiger partial charge in [-0.25, -0.2) is 0 Å². The fourth-order valence-electron chi connectivity index (χ4n) is 5.57. The van der Waals surface area contributed by atoms with Crippen LogP contribution >= 0.6 is 0 Å². The van der Waals surface area contributed by atoms with Gasteiger partial charge in [0.25, 0.3) is 0 Å². The molecule has 1 aromatic heterocycles. The van der Waals surface area contributed by atoms with Crippen LogP contribution in [0.3, 0.4) is 0 Å². The zero-order chi connectivity index (χ0) is 29.4. The lowest BCUT2D eigenvalue weighted by Crippen LogP contribution is -2.25. The van der Waals surface area contributed by atoms with E-state index in [0.717, 1.165) is 40.1 Å². The first-order valence-electron chi connectivity index (χ1n) is 14.8. The third kappa shape index (κ3) is 7.04. The van der Waals surface area contributed by atoms with Crippen LogP contribution in [-0.4, -0.2) is 10.5 Å². The molecule has 43 heavy (non-hydrogen) atoms. The third-order valence-electron chi connectivity index (χ3n) is 7.92. The van der Waals surface area contributed by atoms with E-state index in [4.69, 9.17) is 4.74 Å². The Morgan fingerprint density at radius 3 is 2.09 bits per heavy atom. The van der Waals surface area contributed by atoms with Crippen LogP contribution in [0.25, 0.3) is 10.9 Å². The Labute approximate surface area is 253 Å². The molecule has 0 aliphatic carbocycles. The summed E-state index contributed by atoms with van der Waals surface area (Å²) >= 11 is 0.